The zero-order valence-corrected chi connectivity index (χ0v) is 13.2. The van der Waals surface area contributed by atoms with Crippen LogP contribution < -0.4 is 11.1 Å². The molecule has 0 radical (unpaired) electrons. The number of amides is 1. The van der Waals surface area contributed by atoms with Crippen LogP contribution in [0.2, 0.25) is 0 Å². The molecule has 0 aromatic heterocycles. The number of rotatable bonds is 7. The molecule has 2 atom stereocenters. The van der Waals surface area contributed by atoms with Crippen molar-refractivity contribution in [2.45, 2.75) is 52.0 Å². The molecule has 1 heterocycles. The molecule has 0 aliphatic carbocycles. The van der Waals surface area contributed by atoms with Gasteiger partial charge in [0.15, 0.2) is 0 Å². The standard InChI is InChI=1S/C14H29N3O.ClH/c1-3-12(2)13(15)14(18)16-8-7-11-17-9-5-4-6-10-17;/h12-13H,3-11,15H2,1-2H3,(H,16,18);1H. The van der Waals surface area contributed by atoms with E-state index in [1.165, 1.54) is 32.4 Å². The highest BCUT2D eigenvalue weighted by Crippen LogP contribution is 2.08. The molecule has 3 N–H and O–H groups in total. The van der Waals surface area contributed by atoms with E-state index in [-0.39, 0.29) is 30.3 Å². The quantitative estimate of drug-likeness (QED) is 0.703. The van der Waals surface area contributed by atoms with Gasteiger partial charge in [0.05, 0.1) is 6.04 Å². The van der Waals surface area contributed by atoms with E-state index in [0.717, 1.165) is 25.9 Å². The lowest BCUT2D eigenvalue weighted by Crippen LogP contribution is -2.45. The zero-order chi connectivity index (χ0) is 13.4. The van der Waals surface area contributed by atoms with Crippen LogP contribution in [0.15, 0.2) is 0 Å². The van der Waals surface area contributed by atoms with Crippen molar-refractivity contribution in [2.24, 2.45) is 11.7 Å². The van der Waals surface area contributed by atoms with E-state index in [4.69, 9.17) is 5.73 Å². The Morgan fingerprint density at radius 3 is 2.53 bits per heavy atom. The van der Waals surface area contributed by atoms with Crippen LogP contribution in [0, 0.1) is 5.92 Å². The molecule has 1 aliphatic rings. The summed E-state index contributed by atoms with van der Waals surface area (Å²) in [4.78, 5) is 14.2. The third-order valence-corrected chi connectivity index (χ3v) is 3.96. The molecule has 0 saturated carbocycles. The van der Waals surface area contributed by atoms with E-state index >= 15 is 0 Å². The fraction of sp³-hybridized carbons (Fsp3) is 0.929. The first-order chi connectivity index (χ1) is 8.65. The number of hydrogen-bond acceptors (Lipinski definition) is 3. The van der Waals surface area contributed by atoms with Crippen LogP contribution in [0.4, 0.5) is 0 Å². The lowest BCUT2D eigenvalue weighted by Gasteiger charge is -2.26. The Bertz CT molecular complexity index is 245. The summed E-state index contributed by atoms with van der Waals surface area (Å²) in [6.07, 6.45) is 5.99. The van der Waals surface area contributed by atoms with Crippen LogP contribution in [-0.2, 0) is 4.79 Å². The van der Waals surface area contributed by atoms with Gasteiger partial charge in [-0.25, -0.2) is 0 Å². The maximum absolute atomic E-state index is 11.7. The Morgan fingerprint density at radius 2 is 1.95 bits per heavy atom. The molecule has 4 nitrogen and oxygen atoms in total. The molecule has 1 rings (SSSR count). The number of carbonyl (C=O) groups excluding carboxylic acids is 1. The smallest absolute Gasteiger partial charge is 0.237 e. The van der Waals surface area contributed by atoms with Gasteiger partial charge in [-0.2, -0.15) is 0 Å². The Kier molecular flexibility index (Phi) is 10.3. The van der Waals surface area contributed by atoms with E-state index in [9.17, 15) is 4.79 Å². The minimum absolute atomic E-state index is 0. The molecule has 1 amide bonds. The number of nitrogens with zero attached hydrogens (tertiary/aromatic N) is 1. The molecule has 1 saturated heterocycles. The summed E-state index contributed by atoms with van der Waals surface area (Å²) in [5.74, 6) is 0.259. The first kappa shape index (κ1) is 18.7. The second-order valence-electron chi connectivity index (χ2n) is 5.46. The second kappa shape index (κ2) is 10.5. The lowest BCUT2D eigenvalue weighted by molar-refractivity contribution is -0.123. The fourth-order valence-electron chi connectivity index (χ4n) is 2.33. The van der Waals surface area contributed by atoms with Crippen LogP contribution in [0.25, 0.3) is 0 Å². The molecule has 0 aromatic carbocycles. The van der Waals surface area contributed by atoms with Gasteiger partial charge in [-0.3, -0.25) is 4.79 Å². The molecule has 0 aromatic rings. The average molecular weight is 292 g/mol. The third kappa shape index (κ3) is 7.14. The van der Waals surface area contributed by atoms with Crippen LogP contribution in [0.1, 0.15) is 46.0 Å². The van der Waals surface area contributed by atoms with Gasteiger partial charge in [-0.1, -0.05) is 26.7 Å². The monoisotopic (exact) mass is 291 g/mol. The van der Waals surface area contributed by atoms with Gasteiger partial charge in [0.25, 0.3) is 0 Å². The largest absolute Gasteiger partial charge is 0.355 e. The van der Waals surface area contributed by atoms with Crippen molar-refractivity contribution >= 4 is 18.3 Å². The Hall–Kier alpha value is -0.320. The van der Waals surface area contributed by atoms with Crippen LogP contribution in [-0.4, -0.2) is 43.0 Å². The van der Waals surface area contributed by atoms with E-state index in [2.05, 4.69) is 17.1 Å². The summed E-state index contributed by atoms with van der Waals surface area (Å²) < 4.78 is 0. The van der Waals surface area contributed by atoms with Crippen LogP contribution in [0.3, 0.4) is 0 Å². The first-order valence-electron chi connectivity index (χ1n) is 7.40. The molecule has 114 valence electrons. The highest BCUT2D eigenvalue weighted by atomic mass is 35.5. The molecule has 0 bridgehead atoms. The van der Waals surface area contributed by atoms with Crippen molar-refractivity contribution < 1.29 is 4.79 Å². The van der Waals surface area contributed by atoms with Gasteiger partial charge < -0.3 is 16.0 Å². The molecular formula is C14H30ClN3O. The van der Waals surface area contributed by atoms with E-state index in [0.29, 0.717) is 0 Å². The molecule has 5 heteroatoms. The van der Waals surface area contributed by atoms with Crippen molar-refractivity contribution in [3.63, 3.8) is 0 Å². The Balaban J connectivity index is 0.00000324. The third-order valence-electron chi connectivity index (χ3n) is 3.96. The number of hydrogen-bond donors (Lipinski definition) is 2. The van der Waals surface area contributed by atoms with E-state index < -0.39 is 0 Å². The van der Waals surface area contributed by atoms with Crippen molar-refractivity contribution in [3.8, 4) is 0 Å². The normalized spacial score (nSPS) is 19.3. The SMILES string of the molecule is CCC(C)C(N)C(=O)NCCCN1CCCCC1.Cl. The van der Waals surface area contributed by atoms with Gasteiger partial charge in [-0.15, -0.1) is 12.4 Å². The van der Waals surface area contributed by atoms with Crippen LogP contribution in [0.5, 0.6) is 0 Å². The second-order valence-corrected chi connectivity index (χ2v) is 5.46. The fourth-order valence-corrected chi connectivity index (χ4v) is 2.33. The average Bonchev–Trinajstić information content (AvgIpc) is 2.42. The van der Waals surface area contributed by atoms with Crippen molar-refractivity contribution in [1.82, 2.24) is 10.2 Å². The lowest BCUT2D eigenvalue weighted by atomic mass is 9.99. The van der Waals surface area contributed by atoms with Gasteiger partial charge in [-0.05, 0) is 44.8 Å². The minimum Gasteiger partial charge on any atom is -0.355 e. The van der Waals surface area contributed by atoms with Crippen LogP contribution >= 0.6 is 12.4 Å². The number of likely N-dealkylation sites (tertiary alicyclic amines) is 1. The Morgan fingerprint density at radius 1 is 1.32 bits per heavy atom. The number of nitrogens with two attached hydrogens (primary N) is 1. The Labute approximate surface area is 123 Å². The molecule has 1 aliphatic heterocycles. The van der Waals surface area contributed by atoms with Crippen molar-refractivity contribution in [3.05, 3.63) is 0 Å². The van der Waals surface area contributed by atoms with Gasteiger partial charge in [0, 0.05) is 6.54 Å². The predicted octanol–water partition coefficient (Wildman–Crippen LogP) is 1.77. The van der Waals surface area contributed by atoms with Crippen molar-refractivity contribution in [2.75, 3.05) is 26.2 Å². The molecule has 1 fully saturated rings. The zero-order valence-electron chi connectivity index (χ0n) is 12.4. The summed E-state index contributed by atoms with van der Waals surface area (Å²) in [5.41, 5.74) is 5.87. The summed E-state index contributed by atoms with van der Waals surface area (Å²) >= 11 is 0. The number of nitrogens with one attached hydrogen (secondary N) is 1. The molecular weight excluding hydrogens is 262 g/mol. The van der Waals surface area contributed by atoms with Gasteiger partial charge in [0.1, 0.15) is 0 Å². The van der Waals surface area contributed by atoms with E-state index in [1.54, 1.807) is 0 Å². The number of halogens is 1. The van der Waals surface area contributed by atoms with Gasteiger partial charge >= 0.3 is 0 Å². The highest BCUT2D eigenvalue weighted by Gasteiger charge is 2.18. The molecule has 0 spiro atoms. The maximum Gasteiger partial charge on any atom is 0.237 e. The summed E-state index contributed by atoms with van der Waals surface area (Å²) in [6.45, 7) is 8.38. The first-order valence-corrected chi connectivity index (χ1v) is 7.40. The van der Waals surface area contributed by atoms with E-state index in [1.807, 2.05) is 6.92 Å². The predicted molar refractivity (Wildman–Crippen MR) is 82.6 cm³/mol. The number of piperidine rings is 1. The molecule has 2 unspecified atom stereocenters. The summed E-state index contributed by atoms with van der Waals surface area (Å²) in [7, 11) is 0. The summed E-state index contributed by atoms with van der Waals surface area (Å²) in [5, 5.41) is 2.95. The van der Waals surface area contributed by atoms with Gasteiger partial charge in [0.2, 0.25) is 5.91 Å². The highest BCUT2D eigenvalue weighted by molar-refractivity contribution is 5.85. The number of carbonyl (C=O) groups is 1. The van der Waals surface area contributed by atoms with Crippen molar-refractivity contribution in [1.29, 1.82) is 0 Å². The maximum atomic E-state index is 11.7. The molecule has 19 heavy (non-hydrogen) atoms. The summed E-state index contributed by atoms with van der Waals surface area (Å²) in [6, 6.07) is -0.356. The minimum atomic E-state index is -0.356. The topological polar surface area (TPSA) is 58.4 Å².